The quantitative estimate of drug-likeness (QED) is 0.474. The maximum Gasteiger partial charge on any atom is 0.0494 e. The summed E-state index contributed by atoms with van der Waals surface area (Å²) in [4.78, 5) is 0. The fourth-order valence-electron chi connectivity index (χ4n) is 2.79. The summed E-state index contributed by atoms with van der Waals surface area (Å²) in [5, 5.41) is 5.67. The number of fused-ring (bicyclic) bond motifs is 1. The van der Waals surface area contributed by atoms with Gasteiger partial charge in [-0.05, 0) is 40.1 Å². The van der Waals surface area contributed by atoms with Crippen LogP contribution in [0.25, 0.3) is 22.2 Å². The lowest BCUT2D eigenvalue weighted by molar-refractivity contribution is 0.848. The molecule has 0 saturated carbocycles. The molecule has 0 fully saturated rings. The van der Waals surface area contributed by atoms with Gasteiger partial charge in [0.25, 0.3) is 0 Å². The zero-order chi connectivity index (χ0) is 14.1. The fourth-order valence-corrected chi connectivity index (χ4v) is 3.45. The molecule has 0 aliphatic carbocycles. The Bertz CT molecular complexity index is 857. The molecule has 0 aliphatic rings. The van der Waals surface area contributed by atoms with Gasteiger partial charge < -0.3 is 4.57 Å². The first-order valence-corrected chi connectivity index (χ1v) is 8.01. The molecule has 0 N–H and O–H groups in total. The van der Waals surface area contributed by atoms with Crippen molar-refractivity contribution in [1.82, 2.24) is 4.57 Å². The summed E-state index contributed by atoms with van der Waals surface area (Å²) >= 11 is 1.76. The first-order valence-electron chi connectivity index (χ1n) is 7.06. The van der Waals surface area contributed by atoms with Crippen LogP contribution in [0.2, 0.25) is 0 Å². The highest BCUT2D eigenvalue weighted by molar-refractivity contribution is 7.07. The van der Waals surface area contributed by atoms with Gasteiger partial charge in [0.1, 0.15) is 0 Å². The first-order chi connectivity index (χ1) is 10.4. The third-order valence-corrected chi connectivity index (χ3v) is 4.53. The van der Waals surface area contributed by atoms with Crippen LogP contribution in [0.4, 0.5) is 0 Å². The van der Waals surface area contributed by atoms with Gasteiger partial charge in [-0.25, -0.2) is 0 Å². The molecule has 4 aromatic rings. The molecular formula is C19H15NS. The number of thiophene rings is 1. The van der Waals surface area contributed by atoms with E-state index >= 15 is 0 Å². The van der Waals surface area contributed by atoms with Gasteiger partial charge in [-0.3, -0.25) is 0 Å². The zero-order valence-corrected chi connectivity index (χ0v) is 12.4. The molecule has 0 saturated heterocycles. The molecule has 4 rings (SSSR count). The van der Waals surface area contributed by atoms with Gasteiger partial charge in [-0.15, -0.1) is 0 Å². The lowest BCUT2D eigenvalue weighted by atomic mass is 10.1. The van der Waals surface area contributed by atoms with E-state index in [-0.39, 0.29) is 0 Å². The van der Waals surface area contributed by atoms with Crippen LogP contribution >= 0.6 is 11.3 Å². The zero-order valence-electron chi connectivity index (χ0n) is 11.6. The van der Waals surface area contributed by atoms with E-state index in [1.807, 2.05) is 0 Å². The summed E-state index contributed by atoms with van der Waals surface area (Å²) < 4.78 is 2.41. The Morgan fingerprint density at radius 2 is 1.67 bits per heavy atom. The first kappa shape index (κ1) is 12.4. The van der Waals surface area contributed by atoms with Crippen molar-refractivity contribution in [2.45, 2.75) is 6.54 Å². The summed E-state index contributed by atoms with van der Waals surface area (Å²) in [6.07, 6.45) is 0. The van der Waals surface area contributed by atoms with Gasteiger partial charge in [-0.2, -0.15) is 11.3 Å². The summed E-state index contributed by atoms with van der Waals surface area (Å²) in [5.41, 5.74) is 5.20. The van der Waals surface area contributed by atoms with Gasteiger partial charge in [0.2, 0.25) is 0 Å². The second-order valence-electron chi connectivity index (χ2n) is 5.17. The van der Waals surface area contributed by atoms with Crippen LogP contribution in [0, 0.1) is 0 Å². The third-order valence-electron chi connectivity index (χ3n) is 3.80. The predicted molar refractivity (Wildman–Crippen MR) is 90.8 cm³/mol. The van der Waals surface area contributed by atoms with Crippen LogP contribution < -0.4 is 0 Å². The molecule has 0 amide bonds. The topological polar surface area (TPSA) is 4.93 Å². The van der Waals surface area contributed by atoms with Crippen molar-refractivity contribution in [3.05, 3.63) is 83.1 Å². The number of aromatic nitrogens is 1. The van der Waals surface area contributed by atoms with Crippen molar-refractivity contribution in [2.24, 2.45) is 0 Å². The summed E-state index contributed by atoms with van der Waals surface area (Å²) in [7, 11) is 0. The van der Waals surface area contributed by atoms with Crippen LogP contribution in [0.15, 0.2) is 77.5 Å². The lowest BCUT2D eigenvalue weighted by Crippen LogP contribution is -2.00. The van der Waals surface area contributed by atoms with Crippen LogP contribution in [-0.2, 0) is 6.54 Å². The van der Waals surface area contributed by atoms with E-state index in [9.17, 15) is 0 Å². The predicted octanol–water partition coefficient (Wildman–Crippen LogP) is 5.42. The highest BCUT2D eigenvalue weighted by Gasteiger charge is 2.10. The number of rotatable bonds is 3. The molecule has 102 valence electrons. The molecule has 21 heavy (non-hydrogen) atoms. The second kappa shape index (κ2) is 5.23. The highest BCUT2D eigenvalue weighted by atomic mass is 32.1. The lowest BCUT2D eigenvalue weighted by Gasteiger charge is -2.10. The third kappa shape index (κ3) is 2.28. The van der Waals surface area contributed by atoms with Crippen LogP contribution in [0.5, 0.6) is 0 Å². The largest absolute Gasteiger partial charge is 0.336 e. The van der Waals surface area contributed by atoms with Gasteiger partial charge in [0, 0.05) is 23.1 Å². The molecule has 0 unspecified atom stereocenters. The van der Waals surface area contributed by atoms with Crippen molar-refractivity contribution in [3.8, 4) is 11.3 Å². The Labute approximate surface area is 128 Å². The number of para-hydroxylation sites is 1. The standard InChI is InChI=1S/C19H15NS/c1-2-6-16(7-3-1)19-12-17-8-4-5-9-18(17)20(19)13-15-10-11-21-14-15/h1-12,14H,13H2. The van der Waals surface area contributed by atoms with E-state index in [4.69, 9.17) is 0 Å². The Morgan fingerprint density at radius 1 is 0.857 bits per heavy atom. The van der Waals surface area contributed by atoms with E-state index in [1.165, 1.54) is 27.7 Å². The van der Waals surface area contributed by atoms with Crippen LogP contribution in [0.1, 0.15) is 5.56 Å². The summed E-state index contributed by atoms with van der Waals surface area (Å²) in [6, 6.07) is 23.7. The Hall–Kier alpha value is -2.32. The molecule has 2 heterocycles. The normalized spacial score (nSPS) is 11.0. The maximum atomic E-state index is 2.41. The van der Waals surface area contributed by atoms with Gasteiger partial charge in [0.15, 0.2) is 0 Å². The molecule has 0 bridgehead atoms. The molecule has 2 aromatic carbocycles. The van der Waals surface area contributed by atoms with Crippen molar-refractivity contribution >= 4 is 22.2 Å². The summed E-state index contributed by atoms with van der Waals surface area (Å²) in [6.45, 7) is 0.918. The number of hydrogen-bond donors (Lipinski definition) is 0. The minimum atomic E-state index is 0.918. The van der Waals surface area contributed by atoms with Crippen LogP contribution in [0.3, 0.4) is 0 Å². The average Bonchev–Trinajstić information content (AvgIpc) is 3.17. The van der Waals surface area contributed by atoms with Crippen molar-refractivity contribution < 1.29 is 0 Å². The van der Waals surface area contributed by atoms with Crippen molar-refractivity contribution in [3.63, 3.8) is 0 Å². The number of hydrogen-bond acceptors (Lipinski definition) is 1. The molecule has 0 radical (unpaired) electrons. The Morgan fingerprint density at radius 3 is 2.48 bits per heavy atom. The van der Waals surface area contributed by atoms with Crippen LogP contribution in [-0.4, -0.2) is 4.57 Å². The fraction of sp³-hybridized carbons (Fsp3) is 0.0526. The van der Waals surface area contributed by atoms with Crippen molar-refractivity contribution in [2.75, 3.05) is 0 Å². The SMILES string of the molecule is c1ccc(-c2cc3ccccc3n2Cc2ccsc2)cc1. The molecule has 0 spiro atoms. The minimum Gasteiger partial charge on any atom is -0.336 e. The monoisotopic (exact) mass is 289 g/mol. The number of benzene rings is 2. The van der Waals surface area contributed by atoms with E-state index in [1.54, 1.807) is 11.3 Å². The molecule has 0 atom stereocenters. The molecular weight excluding hydrogens is 274 g/mol. The van der Waals surface area contributed by atoms with E-state index in [0.29, 0.717) is 0 Å². The summed E-state index contributed by atoms with van der Waals surface area (Å²) in [5.74, 6) is 0. The van der Waals surface area contributed by atoms with E-state index < -0.39 is 0 Å². The Balaban J connectivity index is 1.93. The highest BCUT2D eigenvalue weighted by Crippen LogP contribution is 2.29. The number of nitrogens with zero attached hydrogens (tertiary/aromatic N) is 1. The molecule has 2 heteroatoms. The molecule has 0 aliphatic heterocycles. The second-order valence-corrected chi connectivity index (χ2v) is 5.95. The van der Waals surface area contributed by atoms with E-state index in [0.717, 1.165) is 6.54 Å². The van der Waals surface area contributed by atoms with Gasteiger partial charge in [-0.1, -0.05) is 48.5 Å². The Kier molecular flexibility index (Phi) is 3.09. The van der Waals surface area contributed by atoms with Gasteiger partial charge in [0.05, 0.1) is 0 Å². The van der Waals surface area contributed by atoms with Gasteiger partial charge >= 0.3 is 0 Å². The average molecular weight is 289 g/mol. The van der Waals surface area contributed by atoms with Crippen molar-refractivity contribution in [1.29, 1.82) is 0 Å². The smallest absolute Gasteiger partial charge is 0.0494 e. The van der Waals surface area contributed by atoms with E-state index in [2.05, 4.69) is 82.1 Å². The maximum absolute atomic E-state index is 2.41. The minimum absolute atomic E-state index is 0.918. The molecule has 1 nitrogen and oxygen atoms in total. The molecule has 2 aromatic heterocycles.